The Labute approximate surface area is 113 Å². The molecule has 6 nitrogen and oxygen atoms in total. The lowest BCUT2D eigenvalue weighted by atomic mass is 10.2. The third-order valence-electron chi connectivity index (χ3n) is 2.34. The monoisotopic (exact) mass is 277 g/mol. The van der Waals surface area contributed by atoms with E-state index in [0.29, 0.717) is 5.56 Å². The second kappa shape index (κ2) is 5.66. The molecular formula is C12H11N3O3S. The normalized spacial score (nSPS) is 14.7. The molecule has 0 saturated carbocycles. The van der Waals surface area contributed by atoms with Gasteiger partial charge in [0, 0.05) is 17.5 Å². The van der Waals surface area contributed by atoms with E-state index in [4.69, 9.17) is 0 Å². The van der Waals surface area contributed by atoms with E-state index in [-0.39, 0.29) is 23.4 Å². The lowest BCUT2D eigenvalue weighted by molar-refractivity contribution is -0.127. The van der Waals surface area contributed by atoms with Gasteiger partial charge in [-0.05, 0) is 24.3 Å². The molecule has 98 valence electrons. The van der Waals surface area contributed by atoms with Crippen molar-refractivity contribution in [2.24, 2.45) is 4.99 Å². The minimum Gasteiger partial charge on any atom is -0.355 e. The summed E-state index contributed by atoms with van der Waals surface area (Å²) >= 11 is 1.17. The molecule has 2 N–H and O–H groups in total. The van der Waals surface area contributed by atoms with Gasteiger partial charge in [0.05, 0.1) is 0 Å². The Balaban J connectivity index is 2.09. The van der Waals surface area contributed by atoms with E-state index in [1.165, 1.54) is 11.8 Å². The highest BCUT2D eigenvalue weighted by molar-refractivity contribution is 8.14. The number of rotatable bonds is 2. The maximum absolute atomic E-state index is 11.4. The van der Waals surface area contributed by atoms with Gasteiger partial charge in [-0.3, -0.25) is 14.4 Å². The van der Waals surface area contributed by atoms with Gasteiger partial charge in [-0.25, -0.2) is 0 Å². The fraction of sp³-hybridized carbons (Fsp3) is 0.167. The molecule has 1 aliphatic heterocycles. The predicted molar refractivity (Wildman–Crippen MR) is 70.9 cm³/mol. The molecule has 1 aromatic carbocycles. The molecule has 1 aromatic rings. The number of benzene rings is 1. The standard InChI is InChI=1S/C12H11N3O3S/c1-13-11(18)7-2-4-8(5-3-7)19-12-14-9(16)6-10(17)15-12/h2-5H,6H2,1H3,(H,13,18)(H,14,15,16,17). The minimum atomic E-state index is -0.451. The Morgan fingerprint density at radius 3 is 2.58 bits per heavy atom. The van der Waals surface area contributed by atoms with Crippen molar-refractivity contribution in [3.63, 3.8) is 0 Å². The first kappa shape index (κ1) is 13.3. The Kier molecular flexibility index (Phi) is 3.96. The third-order valence-corrected chi connectivity index (χ3v) is 3.24. The molecule has 0 spiro atoms. The van der Waals surface area contributed by atoms with Gasteiger partial charge in [0.2, 0.25) is 5.91 Å². The first-order valence-corrected chi connectivity index (χ1v) is 6.31. The summed E-state index contributed by atoms with van der Waals surface area (Å²) in [6.45, 7) is 0. The maximum atomic E-state index is 11.4. The van der Waals surface area contributed by atoms with Gasteiger partial charge in [-0.15, -0.1) is 0 Å². The number of hydrogen-bond donors (Lipinski definition) is 2. The fourth-order valence-corrected chi connectivity index (χ4v) is 2.27. The molecule has 3 amide bonds. The van der Waals surface area contributed by atoms with Gasteiger partial charge in [-0.2, -0.15) is 4.99 Å². The molecular weight excluding hydrogens is 266 g/mol. The molecule has 0 fully saturated rings. The average Bonchev–Trinajstić information content (AvgIpc) is 2.37. The molecule has 0 aromatic heterocycles. The molecule has 0 radical (unpaired) electrons. The van der Waals surface area contributed by atoms with Crippen LogP contribution >= 0.6 is 11.8 Å². The van der Waals surface area contributed by atoms with E-state index in [1.807, 2.05) is 0 Å². The molecule has 0 saturated heterocycles. The van der Waals surface area contributed by atoms with Crippen LogP contribution in [0.15, 0.2) is 34.2 Å². The zero-order valence-electron chi connectivity index (χ0n) is 10.1. The van der Waals surface area contributed by atoms with Crippen LogP contribution in [0, 0.1) is 0 Å². The van der Waals surface area contributed by atoms with Crippen molar-refractivity contribution in [3.8, 4) is 0 Å². The maximum Gasteiger partial charge on any atom is 0.257 e. The van der Waals surface area contributed by atoms with Gasteiger partial charge in [-0.1, -0.05) is 11.8 Å². The fourth-order valence-electron chi connectivity index (χ4n) is 1.46. The highest BCUT2D eigenvalue weighted by Gasteiger charge is 2.18. The van der Waals surface area contributed by atoms with E-state index in [0.717, 1.165) is 4.90 Å². The van der Waals surface area contributed by atoms with Crippen molar-refractivity contribution in [3.05, 3.63) is 29.8 Å². The van der Waals surface area contributed by atoms with Gasteiger partial charge in [0.25, 0.3) is 11.8 Å². The Hall–Kier alpha value is -2.15. The van der Waals surface area contributed by atoms with Crippen LogP contribution in [0.1, 0.15) is 16.8 Å². The summed E-state index contributed by atoms with van der Waals surface area (Å²) in [5.74, 6) is -0.979. The highest BCUT2D eigenvalue weighted by Crippen LogP contribution is 2.20. The summed E-state index contributed by atoms with van der Waals surface area (Å²) < 4.78 is 0. The van der Waals surface area contributed by atoms with Gasteiger partial charge >= 0.3 is 0 Å². The number of hydrogen-bond acceptors (Lipinski definition) is 4. The van der Waals surface area contributed by atoms with E-state index < -0.39 is 5.91 Å². The van der Waals surface area contributed by atoms with E-state index in [1.54, 1.807) is 31.3 Å². The van der Waals surface area contributed by atoms with Crippen LogP contribution in [0.4, 0.5) is 0 Å². The number of thioether (sulfide) groups is 1. The van der Waals surface area contributed by atoms with Crippen molar-refractivity contribution < 1.29 is 14.4 Å². The van der Waals surface area contributed by atoms with E-state index in [2.05, 4.69) is 15.6 Å². The molecule has 1 heterocycles. The summed E-state index contributed by atoms with van der Waals surface area (Å²) in [6, 6.07) is 6.77. The molecule has 0 unspecified atom stereocenters. The number of amides is 3. The van der Waals surface area contributed by atoms with E-state index in [9.17, 15) is 14.4 Å². The Morgan fingerprint density at radius 2 is 2.00 bits per heavy atom. The van der Waals surface area contributed by atoms with Crippen molar-refractivity contribution in [1.29, 1.82) is 0 Å². The summed E-state index contributed by atoms with van der Waals surface area (Å²) in [5.41, 5.74) is 0.539. The van der Waals surface area contributed by atoms with Crippen molar-refractivity contribution in [2.75, 3.05) is 7.05 Å². The summed E-state index contributed by atoms with van der Waals surface area (Å²) in [6.07, 6.45) is -0.209. The van der Waals surface area contributed by atoms with Crippen LogP contribution in [0.5, 0.6) is 0 Å². The Morgan fingerprint density at radius 1 is 1.32 bits per heavy atom. The number of nitrogens with one attached hydrogen (secondary N) is 2. The first-order chi connectivity index (χ1) is 9.08. The predicted octanol–water partition coefficient (Wildman–Crippen LogP) is 0.541. The van der Waals surface area contributed by atoms with Gasteiger partial charge < -0.3 is 10.6 Å². The molecule has 2 rings (SSSR count). The van der Waals surface area contributed by atoms with Gasteiger partial charge in [0.15, 0.2) is 5.17 Å². The molecule has 0 atom stereocenters. The smallest absolute Gasteiger partial charge is 0.257 e. The number of nitrogens with zero attached hydrogens (tertiary/aromatic N) is 1. The number of aliphatic imine (C=N–C) groups is 1. The molecule has 0 aliphatic carbocycles. The van der Waals surface area contributed by atoms with Crippen LogP contribution < -0.4 is 10.6 Å². The molecule has 7 heteroatoms. The minimum absolute atomic E-state index is 0.171. The number of carbonyl (C=O) groups excluding carboxylic acids is 3. The molecule has 19 heavy (non-hydrogen) atoms. The van der Waals surface area contributed by atoms with Crippen LogP contribution in [-0.4, -0.2) is 29.9 Å². The first-order valence-electron chi connectivity index (χ1n) is 5.50. The highest BCUT2D eigenvalue weighted by atomic mass is 32.2. The summed E-state index contributed by atoms with van der Waals surface area (Å²) in [7, 11) is 1.56. The quantitative estimate of drug-likeness (QED) is 0.772. The average molecular weight is 277 g/mol. The zero-order valence-corrected chi connectivity index (χ0v) is 10.9. The van der Waals surface area contributed by atoms with Crippen LogP contribution in [-0.2, 0) is 9.59 Å². The Bertz CT molecular complexity index is 566. The summed E-state index contributed by atoms with van der Waals surface area (Å²) in [5, 5.41) is 5.30. The second-order valence-electron chi connectivity index (χ2n) is 3.74. The van der Waals surface area contributed by atoms with Crippen LogP contribution in [0.2, 0.25) is 0 Å². The SMILES string of the molecule is CNC(=O)c1ccc(SC2=NC(=O)CC(=O)N2)cc1. The lowest BCUT2D eigenvalue weighted by Gasteiger charge is -2.11. The van der Waals surface area contributed by atoms with E-state index >= 15 is 0 Å². The van der Waals surface area contributed by atoms with Crippen molar-refractivity contribution >= 4 is 34.7 Å². The topological polar surface area (TPSA) is 87.6 Å². The molecule has 0 bridgehead atoms. The van der Waals surface area contributed by atoms with Gasteiger partial charge in [0.1, 0.15) is 6.42 Å². The largest absolute Gasteiger partial charge is 0.355 e. The molecule has 1 aliphatic rings. The zero-order chi connectivity index (χ0) is 13.8. The van der Waals surface area contributed by atoms with Crippen LogP contribution in [0.25, 0.3) is 0 Å². The van der Waals surface area contributed by atoms with Crippen molar-refractivity contribution in [1.82, 2.24) is 10.6 Å². The second-order valence-corrected chi connectivity index (χ2v) is 4.80. The third kappa shape index (κ3) is 3.41. The van der Waals surface area contributed by atoms with Crippen LogP contribution in [0.3, 0.4) is 0 Å². The number of carbonyl (C=O) groups is 3. The summed E-state index contributed by atoms with van der Waals surface area (Å²) in [4.78, 5) is 38.2. The van der Waals surface area contributed by atoms with Crippen molar-refractivity contribution in [2.45, 2.75) is 11.3 Å². The number of amidine groups is 1. The lowest BCUT2D eigenvalue weighted by Crippen LogP contribution is -2.34.